The van der Waals surface area contributed by atoms with Crippen LogP contribution in [0.3, 0.4) is 0 Å². The van der Waals surface area contributed by atoms with E-state index in [-0.39, 0.29) is 11.3 Å². The van der Waals surface area contributed by atoms with Crippen molar-refractivity contribution >= 4 is 17.7 Å². The van der Waals surface area contributed by atoms with Crippen LogP contribution in [0.15, 0.2) is 29.2 Å². The maximum Gasteiger partial charge on any atom is 0.228 e. The third-order valence-corrected chi connectivity index (χ3v) is 5.85. The minimum atomic E-state index is -0.141. The van der Waals surface area contributed by atoms with Crippen molar-refractivity contribution < 1.29 is 4.79 Å². The number of benzene rings is 1. The number of hydrogen-bond acceptors (Lipinski definition) is 3. The van der Waals surface area contributed by atoms with Gasteiger partial charge in [-0.25, -0.2) is 0 Å². The number of hydrogen-bond donors (Lipinski definition) is 2. The first kappa shape index (κ1) is 14.9. The highest BCUT2D eigenvalue weighted by Gasteiger charge is 2.49. The monoisotopic (exact) mass is 304 g/mol. The second-order valence-electron chi connectivity index (χ2n) is 6.26. The molecule has 1 saturated heterocycles. The van der Waals surface area contributed by atoms with Gasteiger partial charge in [0.25, 0.3) is 0 Å². The summed E-state index contributed by atoms with van der Waals surface area (Å²) in [7, 11) is 0. The van der Waals surface area contributed by atoms with Gasteiger partial charge in [0.05, 0.1) is 5.41 Å². The van der Waals surface area contributed by atoms with Crippen LogP contribution in [0.1, 0.15) is 31.2 Å². The first-order valence-electron chi connectivity index (χ1n) is 7.86. The van der Waals surface area contributed by atoms with Gasteiger partial charge in [-0.15, -0.1) is 11.8 Å². The minimum absolute atomic E-state index is 0.141. The summed E-state index contributed by atoms with van der Waals surface area (Å²) in [6.45, 7) is 2.51. The van der Waals surface area contributed by atoms with E-state index in [2.05, 4.69) is 41.2 Å². The number of amides is 1. The molecule has 1 aliphatic carbocycles. The first-order chi connectivity index (χ1) is 10.2. The van der Waals surface area contributed by atoms with Gasteiger partial charge in [-0.05, 0) is 49.3 Å². The lowest BCUT2D eigenvalue weighted by Crippen LogP contribution is -2.47. The fourth-order valence-corrected chi connectivity index (χ4v) is 4.20. The SMILES string of the molecule is CSc1ccc(CNC(=O)[C@@]23CCCC[C@H]2CNC3)cc1. The second kappa shape index (κ2) is 6.41. The lowest BCUT2D eigenvalue weighted by Gasteiger charge is -2.37. The van der Waals surface area contributed by atoms with E-state index in [0.717, 1.165) is 19.5 Å². The quantitative estimate of drug-likeness (QED) is 0.841. The summed E-state index contributed by atoms with van der Waals surface area (Å²) in [5.41, 5.74) is 1.04. The fourth-order valence-electron chi connectivity index (χ4n) is 3.79. The van der Waals surface area contributed by atoms with Crippen molar-refractivity contribution in [3.05, 3.63) is 29.8 Å². The predicted octanol–water partition coefficient (Wildman–Crippen LogP) is 2.80. The molecule has 0 radical (unpaired) electrons. The number of carbonyl (C=O) groups excluding carboxylic acids is 1. The Morgan fingerprint density at radius 3 is 2.95 bits per heavy atom. The van der Waals surface area contributed by atoms with Crippen molar-refractivity contribution in [2.24, 2.45) is 11.3 Å². The van der Waals surface area contributed by atoms with E-state index in [1.165, 1.54) is 29.7 Å². The van der Waals surface area contributed by atoms with E-state index in [4.69, 9.17) is 0 Å². The third kappa shape index (κ3) is 2.97. The molecule has 1 aliphatic heterocycles. The molecule has 1 aromatic carbocycles. The van der Waals surface area contributed by atoms with Crippen LogP contribution >= 0.6 is 11.8 Å². The maximum absolute atomic E-state index is 12.7. The van der Waals surface area contributed by atoms with Gasteiger partial charge in [0.15, 0.2) is 0 Å². The molecule has 1 amide bonds. The van der Waals surface area contributed by atoms with Crippen molar-refractivity contribution in [2.75, 3.05) is 19.3 Å². The van der Waals surface area contributed by atoms with E-state index in [1.807, 2.05) is 0 Å². The van der Waals surface area contributed by atoms with Crippen LogP contribution in [0.2, 0.25) is 0 Å². The molecule has 4 heteroatoms. The van der Waals surface area contributed by atoms with Crippen LogP contribution in [0.4, 0.5) is 0 Å². The summed E-state index contributed by atoms with van der Waals surface area (Å²) >= 11 is 1.74. The Balaban J connectivity index is 1.62. The van der Waals surface area contributed by atoms with Gasteiger partial charge >= 0.3 is 0 Å². The van der Waals surface area contributed by atoms with Gasteiger partial charge in [-0.2, -0.15) is 0 Å². The van der Waals surface area contributed by atoms with E-state index in [0.29, 0.717) is 12.5 Å². The second-order valence-corrected chi connectivity index (χ2v) is 7.14. The molecule has 3 nitrogen and oxygen atoms in total. The number of carbonyl (C=O) groups is 1. The van der Waals surface area contributed by atoms with Crippen LogP contribution in [0, 0.1) is 11.3 Å². The van der Waals surface area contributed by atoms with Gasteiger partial charge in [0.1, 0.15) is 0 Å². The van der Waals surface area contributed by atoms with E-state index in [9.17, 15) is 4.79 Å². The Labute approximate surface area is 131 Å². The lowest BCUT2D eigenvalue weighted by atomic mass is 9.67. The zero-order valence-electron chi connectivity index (χ0n) is 12.7. The molecule has 21 heavy (non-hydrogen) atoms. The molecule has 2 atom stereocenters. The van der Waals surface area contributed by atoms with Crippen molar-refractivity contribution in [2.45, 2.75) is 37.1 Å². The summed E-state index contributed by atoms with van der Waals surface area (Å²) in [6, 6.07) is 8.44. The van der Waals surface area contributed by atoms with Crippen molar-refractivity contribution in [1.82, 2.24) is 10.6 Å². The molecule has 2 aliphatic rings. The maximum atomic E-state index is 12.7. The molecule has 1 aromatic rings. The number of rotatable bonds is 4. The summed E-state index contributed by atoms with van der Waals surface area (Å²) in [5, 5.41) is 6.62. The van der Waals surface area contributed by atoms with Crippen molar-refractivity contribution in [3.8, 4) is 0 Å². The number of nitrogens with one attached hydrogen (secondary N) is 2. The first-order valence-corrected chi connectivity index (χ1v) is 9.09. The normalized spacial score (nSPS) is 28.1. The topological polar surface area (TPSA) is 41.1 Å². The highest BCUT2D eigenvalue weighted by atomic mass is 32.2. The number of thioether (sulfide) groups is 1. The molecule has 0 unspecified atom stereocenters. The summed E-state index contributed by atoms with van der Waals surface area (Å²) in [5.74, 6) is 0.788. The van der Waals surface area contributed by atoms with E-state index < -0.39 is 0 Å². The molecular formula is C17H24N2OS. The average Bonchev–Trinajstić information content (AvgIpc) is 2.98. The van der Waals surface area contributed by atoms with Crippen LogP contribution < -0.4 is 10.6 Å². The van der Waals surface area contributed by atoms with Crippen molar-refractivity contribution in [1.29, 1.82) is 0 Å². The Morgan fingerprint density at radius 1 is 1.38 bits per heavy atom. The van der Waals surface area contributed by atoms with Crippen LogP contribution in [0.25, 0.3) is 0 Å². The molecular weight excluding hydrogens is 280 g/mol. The van der Waals surface area contributed by atoms with Gasteiger partial charge < -0.3 is 10.6 Å². The summed E-state index contributed by atoms with van der Waals surface area (Å²) in [6.07, 6.45) is 6.78. The van der Waals surface area contributed by atoms with Gasteiger partial charge in [-0.1, -0.05) is 25.0 Å². The Bertz CT molecular complexity index is 502. The van der Waals surface area contributed by atoms with Crippen molar-refractivity contribution in [3.63, 3.8) is 0 Å². The zero-order valence-corrected chi connectivity index (χ0v) is 13.5. The molecule has 0 aromatic heterocycles. The molecule has 1 saturated carbocycles. The molecule has 114 valence electrons. The van der Waals surface area contributed by atoms with Crippen LogP contribution in [-0.2, 0) is 11.3 Å². The van der Waals surface area contributed by atoms with Gasteiger partial charge in [-0.3, -0.25) is 4.79 Å². The Hall–Kier alpha value is -1.00. The molecule has 0 bridgehead atoms. The largest absolute Gasteiger partial charge is 0.351 e. The van der Waals surface area contributed by atoms with Crippen LogP contribution in [0.5, 0.6) is 0 Å². The minimum Gasteiger partial charge on any atom is -0.351 e. The predicted molar refractivity (Wildman–Crippen MR) is 87.3 cm³/mol. The van der Waals surface area contributed by atoms with Gasteiger partial charge in [0, 0.05) is 18.0 Å². The molecule has 2 N–H and O–H groups in total. The van der Waals surface area contributed by atoms with Crippen LogP contribution in [-0.4, -0.2) is 25.3 Å². The third-order valence-electron chi connectivity index (χ3n) is 5.10. The van der Waals surface area contributed by atoms with Gasteiger partial charge in [0.2, 0.25) is 5.91 Å². The zero-order chi connectivity index (χ0) is 14.7. The summed E-state index contributed by atoms with van der Waals surface area (Å²) in [4.78, 5) is 14.0. The highest BCUT2D eigenvalue weighted by molar-refractivity contribution is 7.98. The standard InChI is InChI=1S/C17H24N2OS/c1-21-15-7-5-13(6-8-15)10-19-16(20)17-9-3-2-4-14(17)11-18-12-17/h5-8,14,18H,2-4,9-12H2,1H3,(H,19,20)/t14-,17+/m0/s1. The van der Waals surface area contributed by atoms with E-state index in [1.54, 1.807) is 11.8 Å². The fraction of sp³-hybridized carbons (Fsp3) is 0.588. The smallest absolute Gasteiger partial charge is 0.228 e. The average molecular weight is 304 g/mol. The molecule has 0 spiro atoms. The number of fused-ring (bicyclic) bond motifs is 1. The van der Waals surface area contributed by atoms with E-state index >= 15 is 0 Å². The molecule has 2 fully saturated rings. The molecule has 3 rings (SSSR count). The Morgan fingerprint density at radius 2 is 2.19 bits per heavy atom. The lowest BCUT2D eigenvalue weighted by molar-refractivity contribution is -0.134. The highest BCUT2D eigenvalue weighted by Crippen LogP contribution is 2.43. The molecule has 1 heterocycles. The summed E-state index contributed by atoms with van der Waals surface area (Å²) < 4.78 is 0. The Kier molecular flexibility index (Phi) is 4.55.